The summed E-state index contributed by atoms with van der Waals surface area (Å²) in [6.07, 6.45) is 0. The van der Waals surface area contributed by atoms with Gasteiger partial charge in [-0.15, -0.1) is 0 Å². The molecule has 0 spiro atoms. The van der Waals surface area contributed by atoms with E-state index >= 15 is 0 Å². The van der Waals surface area contributed by atoms with Crippen LogP contribution in [0.25, 0.3) is 11.4 Å². The zero-order valence-electron chi connectivity index (χ0n) is 8.07. The number of hydrogen-bond donors (Lipinski definition) is 1. The van der Waals surface area contributed by atoms with Crippen LogP contribution in [0.15, 0.2) is 15.3 Å². The molecule has 4 nitrogen and oxygen atoms in total. The third kappa shape index (κ3) is 1.63. The van der Waals surface area contributed by atoms with Crippen LogP contribution >= 0.6 is 11.3 Å². The van der Waals surface area contributed by atoms with Gasteiger partial charge in [-0.3, -0.25) is 0 Å². The van der Waals surface area contributed by atoms with Crippen LogP contribution < -0.4 is 5.32 Å². The Morgan fingerprint density at radius 2 is 2.36 bits per heavy atom. The molecule has 0 unspecified atom stereocenters. The van der Waals surface area contributed by atoms with Crippen molar-refractivity contribution in [1.29, 1.82) is 0 Å². The summed E-state index contributed by atoms with van der Waals surface area (Å²) >= 11 is 1.64. The van der Waals surface area contributed by atoms with Gasteiger partial charge in [0.1, 0.15) is 0 Å². The predicted molar refractivity (Wildman–Crippen MR) is 56.5 cm³/mol. The molecule has 0 saturated carbocycles. The van der Waals surface area contributed by atoms with Crippen LogP contribution in [0, 0.1) is 6.92 Å². The molecule has 0 amide bonds. The topological polar surface area (TPSA) is 51.0 Å². The van der Waals surface area contributed by atoms with E-state index in [0.717, 1.165) is 12.1 Å². The molecule has 0 radical (unpaired) electrons. The number of thiophene rings is 1. The van der Waals surface area contributed by atoms with Gasteiger partial charge < -0.3 is 9.84 Å². The first kappa shape index (κ1) is 9.21. The fraction of sp³-hybridized carbons (Fsp3) is 0.333. The highest BCUT2D eigenvalue weighted by Crippen LogP contribution is 2.24. The average Bonchev–Trinajstić information content (AvgIpc) is 2.74. The van der Waals surface area contributed by atoms with E-state index in [1.54, 1.807) is 11.3 Å². The van der Waals surface area contributed by atoms with E-state index in [2.05, 4.69) is 20.8 Å². The van der Waals surface area contributed by atoms with Gasteiger partial charge in [-0.25, -0.2) is 0 Å². The number of nitrogens with zero attached hydrogens (tertiary/aromatic N) is 2. The number of nitrogens with one attached hydrogen (secondary N) is 1. The molecule has 74 valence electrons. The van der Waals surface area contributed by atoms with Crippen molar-refractivity contribution in [2.24, 2.45) is 0 Å². The molecule has 2 aromatic rings. The molecule has 2 rings (SSSR count). The Kier molecular flexibility index (Phi) is 2.49. The molecule has 0 bridgehead atoms. The van der Waals surface area contributed by atoms with Gasteiger partial charge in [0, 0.05) is 17.5 Å². The minimum atomic E-state index is 0.480. The summed E-state index contributed by atoms with van der Waals surface area (Å²) in [5, 5.41) is 11.0. The van der Waals surface area contributed by atoms with Crippen LogP contribution in [0.3, 0.4) is 0 Å². The lowest BCUT2D eigenvalue weighted by molar-refractivity contribution is 0.432. The third-order valence-electron chi connectivity index (χ3n) is 1.85. The molecule has 1 N–H and O–H groups in total. The Morgan fingerprint density at radius 1 is 1.50 bits per heavy atom. The zero-order valence-corrected chi connectivity index (χ0v) is 8.89. The van der Waals surface area contributed by atoms with Gasteiger partial charge in [0.25, 0.3) is 0 Å². The maximum atomic E-state index is 5.02. The average molecular weight is 209 g/mol. The first-order valence-electron chi connectivity index (χ1n) is 4.42. The van der Waals surface area contributed by atoms with Gasteiger partial charge in [0.05, 0.1) is 0 Å². The summed E-state index contributed by atoms with van der Waals surface area (Å²) in [6, 6.07) is 0.480. The Balaban J connectivity index is 2.29. The summed E-state index contributed by atoms with van der Waals surface area (Å²) in [4.78, 5) is 4.22. The highest BCUT2D eigenvalue weighted by atomic mass is 32.1. The lowest BCUT2D eigenvalue weighted by Gasteiger charge is -1.91. The molecule has 0 saturated heterocycles. The highest BCUT2D eigenvalue weighted by Gasteiger charge is 2.10. The van der Waals surface area contributed by atoms with Crippen LogP contribution in [-0.2, 0) is 0 Å². The largest absolute Gasteiger partial charge is 0.338 e. The van der Waals surface area contributed by atoms with E-state index < -0.39 is 0 Å². The quantitative estimate of drug-likeness (QED) is 0.844. The van der Waals surface area contributed by atoms with Gasteiger partial charge in [0.2, 0.25) is 5.82 Å². The number of aryl methyl sites for hydroxylation is 1. The van der Waals surface area contributed by atoms with E-state index in [0.29, 0.717) is 11.8 Å². The lowest BCUT2D eigenvalue weighted by atomic mass is 10.2. The number of anilines is 1. The highest BCUT2D eigenvalue weighted by molar-refractivity contribution is 7.08. The van der Waals surface area contributed by atoms with Crippen molar-refractivity contribution in [3.8, 4) is 11.4 Å². The van der Waals surface area contributed by atoms with Crippen molar-refractivity contribution >= 4 is 17.4 Å². The summed E-state index contributed by atoms with van der Waals surface area (Å²) in [5.41, 5.74) is 2.22. The smallest absolute Gasteiger partial charge is 0.321 e. The maximum absolute atomic E-state index is 5.02. The van der Waals surface area contributed by atoms with Crippen molar-refractivity contribution < 1.29 is 4.52 Å². The molecular weight excluding hydrogens is 198 g/mol. The van der Waals surface area contributed by atoms with E-state index in [4.69, 9.17) is 4.52 Å². The Morgan fingerprint density at radius 3 is 3.00 bits per heavy atom. The second-order valence-electron chi connectivity index (χ2n) is 2.92. The minimum absolute atomic E-state index is 0.480. The standard InChI is InChI=1S/C9H11N3OS/c1-3-10-9-11-8(12-13-9)7-5-14-4-6(7)2/h4-5H,3H2,1-2H3,(H,10,11,12). The molecule has 0 aliphatic heterocycles. The van der Waals surface area contributed by atoms with Gasteiger partial charge in [-0.05, 0) is 24.8 Å². The number of hydrogen-bond acceptors (Lipinski definition) is 5. The van der Waals surface area contributed by atoms with Crippen molar-refractivity contribution in [2.75, 3.05) is 11.9 Å². The Hall–Kier alpha value is -1.36. The first-order valence-corrected chi connectivity index (χ1v) is 5.36. The molecule has 2 heterocycles. The SMILES string of the molecule is CCNc1nc(-c2cscc2C)no1. The zero-order chi connectivity index (χ0) is 9.97. The van der Waals surface area contributed by atoms with Crippen molar-refractivity contribution in [1.82, 2.24) is 10.1 Å². The van der Waals surface area contributed by atoms with Gasteiger partial charge in [-0.2, -0.15) is 16.3 Å². The van der Waals surface area contributed by atoms with E-state index in [1.807, 2.05) is 19.2 Å². The van der Waals surface area contributed by atoms with Gasteiger partial charge >= 0.3 is 6.01 Å². The third-order valence-corrected chi connectivity index (χ3v) is 2.71. The summed E-state index contributed by atoms with van der Waals surface area (Å²) in [5.74, 6) is 0.653. The molecule has 2 aromatic heterocycles. The van der Waals surface area contributed by atoms with Crippen LogP contribution in [0.5, 0.6) is 0 Å². The molecule has 0 aromatic carbocycles. The fourth-order valence-electron chi connectivity index (χ4n) is 1.15. The van der Waals surface area contributed by atoms with Crippen molar-refractivity contribution in [2.45, 2.75) is 13.8 Å². The Bertz CT molecular complexity index is 421. The second-order valence-corrected chi connectivity index (χ2v) is 3.67. The maximum Gasteiger partial charge on any atom is 0.321 e. The van der Waals surface area contributed by atoms with E-state index in [-0.39, 0.29) is 0 Å². The van der Waals surface area contributed by atoms with Gasteiger partial charge in [0.15, 0.2) is 0 Å². The molecular formula is C9H11N3OS. The summed E-state index contributed by atoms with van der Waals surface area (Å²) in [6.45, 7) is 4.80. The molecule has 0 atom stereocenters. The van der Waals surface area contributed by atoms with E-state index in [1.165, 1.54) is 5.56 Å². The summed E-state index contributed by atoms with van der Waals surface area (Å²) in [7, 11) is 0. The number of rotatable bonds is 3. The number of aromatic nitrogens is 2. The fourth-order valence-corrected chi connectivity index (χ4v) is 1.97. The van der Waals surface area contributed by atoms with Crippen molar-refractivity contribution in [3.05, 3.63) is 16.3 Å². The second kappa shape index (κ2) is 3.79. The first-order chi connectivity index (χ1) is 6.81. The lowest BCUT2D eigenvalue weighted by Crippen LogP contribution is -1.95. The summed E-state index contributed by atoms with van der Waals surface area (Å²) < 4.78 is 5.02. The predicted octanol–water partition coefficient (Wildman–Crippen LogP) is 2.54. The monoisotopic (exact) mass is 209 g/mol. The van der Waals surface area contributed by atoms with Gasteiger partial charge in [-0.1, -0.05) is 5.16 Å². The van der Waals surface area contributed by atoms with E-state index in [9.17, 15) is 0 Å². The van der Waals surface area contributed by atoms with Crippen molar-refractivity contribution in [3.63, 3.8) is 0 Å². The minimum Gasteiger partial charge on any atom is -0.338 e. The molecule has 0 aliphatic rings. The Labute approximate surface area is 86.0 Å². The van der Waals surface area contributed by atoms with Crippen LogP contribution in [0.4, 0.5) is 6.01 Å². The van der Waals surface area contributed by atoms with Crippen LogP contribution in [0.1, 0.15) is 12.5 Å². The molecule has 14 heavy (non-hydrogen) atoms. The van der Waals surface area contributed by atoms with Crippen LogP contribution in [-0.4, -0.2) is 16.7 Å². The molecule has 0 aliphatic carbocycles. The molecule has 0 fully saturated rings. The molecule has 5 heteroatoms. The normalized spacial score (nSPS) is 10.4. The van der Waals surface area contributed by atoms with Crippen LogP contribution in [0.2, 0.25) is 0 Å².